The Morgan fingerprint density at radius 1 is 0.783 bits per heavy atom. The minimum atomic E-state index is -3.40. The molecular weight excluding hydrogens is 331 g/mol. The first-order chi connectivity index (χ1) is 10.7. The van der Waals surface area contributed by atoms with Crippen molar-refractivity contribution in [1.29, 1.82) is 0 Å². The van der Waals surface area contributed by atoms with Gasteiger partial charge >= 0.3 is 0 Å². The van der Waals surface area contributed by atoms with Crippen LogP contribution in [0.25, 0.3) is 0 Å². The van der Waals surface area contributed by atoms with Gasteiger partial charge in [-0.3, -0.25) is 0 Å². The lowest BCUT2D eigenvalue weighted by Gasteiger charge is -2.29. The van der Waals surface area contributed by atoms with Crippen LogP contribution >= 0.6 is 0 Å². The third kappa shape index (κ3) is 3.30. The van der Waals surface area contributed by atoms with Crippen molar-refractivity contribution in [3.63, 3.8) is 0 Å². The van der Waals surface area contributed by atoms with Gasteiger partial charge in [-0.1, -0.05) is 30.3 Å². The second-order valence-electron chi connectivity index (χ2n) is 5.63. The highest BCUT2D eigenvalue weighted by Gasteiger charge is 2.39. The van der Waals surface area contributed by atoms with Crippen molar-refractivity contribution in [2.75, 3.05) is 0 Å². The first-order valence-corrected chi connectivity index (χ1v) is 9.82. The number of hydrogen-bond donors (Lipinski definition) is 0. The van der Waals surface area contributed by atoms with Gasteiger partial charge in [0.05, 0.1) is 6.10 Å². The number of halogens is 5. The number of rotatable bonds is 4. The standard InChI is InChI=1S/C16H15F5OSi/c1-9(10-7-5-4-6-8-10)22-23(2,3)16-14(20)12(18)11(17)13(19)15(16)21/h4-9H,1-3H3. The molecule has 1 atom stereocenters. The fraction of sp³-hybridized carbons (Fsp3) is 0.250. The van der Waals surface area contributed by atoms with Gasteiger partial charge in [0.15, 0.2) is 23.3 Å². The van der Waals surface area contributed by atoms with Crippen LogP contribution in [0.1, 0.15) is 18.6 Å². The van der Waals surface area contributed by atoms with Crippen LogP contribution in [0, 0.1) is 29.1 Å². The van der Waals surface area contributed by atoms with Crippen molar-refractivity contribution in [3.05, 3.63) is 65.0 Å². The van der Waals surface area contributed by atoms with Crippen molar-refractivity contribution in [3.8, 4) is 0 Å². The Morgan fingerprint density at radius 2 is 1.22 bits per heavy atom. The minimum absolute atomic E-state index is 0.548. The first kappa shape index (κ1) is 17.6. The van der Waals surface area contributed by atoms with Crippen LogP contribution in [0.4, 0.5) is 22.0 Å². The van der Waals surface area contributed by atoms with Crippen LogP contribution in [0.3, 0.4) is 0 Å². The monoisotopic (exact) mass is 346 g/mol. The molecule has 0 bridgehead atoms. The summed E-state index contributed by atoms with van der Waals surface area (Å²) in [6.07, 6.45) is -0.548. The summed E-state index contributed by atoms with van der Waals surface area (Å²) in [6.45, 7) is 4.45. The molecule has 1 unspecified atom stereocenters. The van der Waals surface area contributed by atoms with E-state index >= 15 is 0 Å². The third-order valence-corrected chi connectivity index (χ3v) is 6.14. The van der Waals surface area contributed by atoms with Crippen molar-refractivity contribution in [2.45, 2.75) is 26.1 Å². The van der Waals surface area contributed by atoms with Gasteiger partial charge < -0.3 is 4.43 Å². The average Bonchev–Trinajstić information content (AvgIpc) is 2.51. The van der Waals surface area contributed by atoms with E-state index in [2.05, 4.69) is 0 Å². The molecule has 0 N–H and O–H groups in total. The molecule has 0 aliphatic rings. The van der Waals surface area contributed by atoms with Gasteiger partial charge in [-0.2, -0.15) is 0 Å². The van der Waals surface area contributed by atoms with E-state index < -0.39 is 48.7 Å². The molecule has 23 heavy (non-hydrogen) atoms. The highest BCUT2D eigenvalue weighted by Crippen LogP contribution is 2.25. The largest absolute Gasteiger partial charge is 0.406 e. The van der Waals surface area contributed by atoms with Gasteiger partial charge in [0.2, 0.25) is 14.1 Å². The lowest BCUT2D eigenvalue weighted by atomic mass is 10.1. The molecule has 2 aromatic rings. The predicted molar refractivity (Wildman–Crippen MR) is 79.3 cm³/mol. The minimum Gasteiger partial charge on any atom is -0.406 e. The summed E-state index contributed by atoms with van der Waals surface area (Å²) in [5.74, 6) is -9.70. The average molecular weight is 346 g/mol. The van der Waals surface area contributed by atoms with Crippen molar-refractivity contribution in [1.82, 2.24) is 0 Å². The maximum Gasteiger partial charge on any atom is 0.225 e. The fourth-order valence-electron chi connectivity index (χ4n) is 2.43. The first-order valence-electron chi connectivity index (χ1n) is 6.91. The van der Waals surface area contributed by atoms with E-state index in [4.69, 9.17) is 4.43 Å². The molecule has 1 nitrogen and oxygen atoms in total. The SMILES string of the molecule is CC(O[Si](C)(C)c1c(F)c(F)c(F)c(F)c1F)c1ccccc1. The summed E-state index contributed by atoms with van der Waals surface area (Å²) in [5, 5.41) is -0.850. The number of hydrogen-bond acceptors (Lipinski definition) is 1. The zero-order chi connectivity index (χ0) is 17.4. The van der Waals surface area contributed by atoms with Crippen molar-refractivity contribution in [2.24, 2.45) is 0 Å². The lowest BCUT2D eigenvalue weighted by molar-refractivity contribution is 0.221. The molecule has 2 aromatic carbocycles. The molecule has 0 amide bonds. The summed E-state index contributed by atoms with van der Waals surface area (Å²) in [5.41, 5.74) is 0.747. The molecule has 7 heteroatoms. The maximum atomic E-state index is 14.0. The Balaban J connectivity index is 2.44. The molecule has 0 aliphatic carbocycles. The van der Waals surface area contributed by atoms with Gasteiger partial charge in [0.25, 0.3) is 0 Å². The summed E-state index contributed by atoms with van der Waals surface area (Å²) >= 11 is 0. The summed E-state index contributed by atoms with van der Waals surface area (Å²) in [6, 6.07) is 8.84. The molecule has 0 fully saturated rings. The maximum absolute atomic E-state index is 14.0. The topological polar surface area (TPSA) is 9.23 Å². The zero-order valence-electron chi connectivity index (χ0n) is 12.8. The van der Waals surface area contributed by atoms with Crippen LogP contribution in [-0.2, 0) is 4.43 Å². The highest BCUT2D eigenvalue weighted by atomic mass is 28.4. The highest BCUT2D eigenvalue weighted by molar-refractivity contribution is 6.84. The van der Waals surface area contributed by atoms with Crippen LogP contribution in [0.2, 0.25) is 13.1 Å². The predicted octanol–water partition coefficient (Wildman–Crippen LogP) is 4.57. The van der Waals surface area contributed by atoms with Crippen LogP contribution in [-0.4, -0.2) is 8.32 Å². The lowest BCUT2D eigenvalue weighted by Crippen LogP contribution is -2.50. The Labute approximate surface area is 131 Å². The van der Waals surface area contributed by atoms with Crippen LogP contribution < -0.4 is 5.19 Å². The normalized spacial score (nSPS) is 13.2. The molecule has 0 spiro atoms. The van der Waals surface area contributed by atoms with Gasteiger partial charge in [-0.05, 0) is 25.6 Å². The zero-order valence-corrected chi connectivity index (χ0v) is 13.8. The second-order valence-corrected chi connectivity index (χ2v) is 9.38. The third-order valence-electron chi connectivity index (χ3n) is 3.55. The van der Waals surface area contributed by atoms with Gasteiger partial charge in [-0.15, -0.1) is 0 Å². The number of benzene rings is 2. The summed E-state index contributed by atoms with van der Waals surface area (Å²) in [4.78, 5) is 0. The molecule has 2 rings (SSSR count). The molecule has 0 saturated carbocycles. The Bertz CT molecular complexity index is 689. The van der Waals surface area contributed by atoms with E-state index in [0.29, 0.717) is 0 Å². The van der Waals surface area contributed by atoms with E-state index in [-0.39, 0.29) is 0 Å². The van der Waals surface area contributed by atoms with Gasteiger partial charge in [0, 0.05) is 5.19 Å². The van der Waals surface area contributed by atoms with E-state index in [9.17, 15) is 22.0 Å². The molecule has 0 aromatic heterocycles. The van der Waals surface area contributed by atoms with Gasteiger partial charge in [-0.25, -0.2) is 22.0 Å². The van der Waals surface area contributed by atoms with Crippen molar-refractivity contribution >= 4 is 13.5 Å². The quantitative estimate of drug-likeness (QED) is 0.341. The second kappa shape index (κ2) is 6.41. The van der Waals surface area contributed by atoms with E-state index in [0.717, 1.165) is 5.56 Å². The Morgan fingerprint density at radius 3 is 1.70 bits per heavy atom. The molecule has 0 heterocycles. The Kier molecular flexibility index (Phi) is 4.91. The van der Waals surface area contributed by atoms with Crippen LogP contribution in [0.5, 0.6) is 0 Å². The van der Waals surface area contributed by atoms with E-state index in [1.54, 1.807) is 37.3 Å². The van der Waals surface area contributed by atoms with Crippen molar-refractivity contribution < 1.29 is 26.4 Å². The summed E-state index contributed by atoms with van der Waals surface area (Å²) in [7, 11) is -3.40. The van der Waals surface area contributed by atoms with Gasteiger partial charge in [0.1, 0.15) is 0 Å². The molecular formula is C16H15F5OSi. The van der Waals surface area contributed by atoms with Crippen LogP contribution in [0.15, 0.2) is 30.3 Å². The molecule has 124 valence electrons. The Hall–Kier alpha value is -1.73. The molecule has 0 aliphatic heterocycles. The summed E-state index contributed by atoms with van der Waals surface area (Å²) < 4.78 is 73.7. The smallest absolute Gasteiger partial charge is 0.225 e. The molecule has 0 saturated heterocycles. The molecule has 0 radical (unpaired) electrons. The van der Waals surface area contributed by atoms with E-state index in [1.165, 1.54) is 13.1 Å². The fourth-order valence-corrected chi connectivity index (χ4v) is 4.84. The van der Waals surface area contributed by atoms with E-state index in [1.807, 2.05) is 0 Å².